The van der Waals surface area contributed by atoms with Crippen molar-refractivity contribution in [1.29, 1.82) is 0 Å². The van der Waals surface area contributed by atoms with E-state index in [0.717, 1.165) is 12.8 Å². The molecule has 1 amide bonds. The maximum absolute atomic E-state index is 12.2. The molecule has 1 aromatic rings. The molecule has 0 bridgehead atoms. The summed E-state index contributed by atoms with van der Waals surface area (Å²) in [5.74, 6) is 0.125. The molecule has 1 aliphatic carbocycles. The molecule has 20 heavy (non-hydrogen) atoms. The number of nitrogen functional groups attached to an aromatic ring is 1. The SMILES string of the molecule is CSC1(CNC(=O)c2cc(N)ncc2Cl)CCCCC1. The Morgan fingerprint density at radius 1 is 1.50 bits per heavy atom. The first kappa shape index (κ1) is 15.4. The number of hydrogen-bond donors (Lipinski definition) is 2. The highest BCUT2D eigenvalue weighted by Crippen LogP contribution is 2.38. The van der Waals surface area contributed by atoms with Gasteiger partial charge in [0.25, 0.3) is 5.91 Å². The topological polar surface area (TPSA) is 68.0 Å². The van der Waals surface area contributed by atoms with Crippen LogP contribution < -0.4 is 11.1 Å². The van der Waals surface area contributed by atoms with E-state index in [2.05, 4.69) is 16.6 Å². The lowest BCUT2D eigenvalue weighted by molar-refractivity contribution is 0.0947. The van der Waals surface area contributed by atoms with Crippen LogP contribution in [0.5, 0.6) is 0 Å². The second-order valence-corrected chi connectivity index (χ2v) is 6.90. The van der Waals surface area contributed by atoms with E-state index in [9.17, 15) is 4.79 Å². The number of nitrogens with two attached hydrogens (primary N) is 1. The van der Waals surface area contributed by atoms with Crippen molar-refractivity contribution >= 4 is 35.1 Å². The van der Waals surface area contributed by atoms with Crippen molar-refractivity contribution in [1.82, 2.24) is 10.3 Å². The fourth-order valence-electron chi connectivity index (χ4n) is 2.61. The second kappa shape index (κ2) is 6.68. The third-order valence-electron chi connectivity index (χ3n) is 3.89. The summed E-state index contributed by atoms with van der Waals surface area (Å²) in [4.78, 5) is 16.1. The second-order valence-electron chi connectivity index (χ2n) is 5.22. The highest BCUT2D eigenvalue weighted by atomic mass is 35.5. The molecule has 3 N–H and O–H groups in total. The summed E-state index contributed by atoms with van der Waals surface area (Å²) >= 11 is 7.85. The molecular weight excluding hydrogens is 294 g/mol. The minimum Gasteiger partial charge on any atom is -0.384 e. The summed E-state index contributed by atoms with van der Waals surface area (Å²) in [6, 6.07) is 1.52. The molecule has 6 heteroatoms. The highest BCUT2D eigenvalue weighted by Gasteiger charge is 2.31. The molecule has 1 aliphatic rings. The zero-order valence-corrected chi connectivity index (χ0v) is 13.2. The molecule has 1 fully saturated rings. The van der Waals surface area contributed by atoms with E-state index >= 15 is 0 Å². The first-order valence-corrected chi connectivity index (χ1v) is 8.41. The number of amides is 1. The standard InChI is InChI=1S/C14H20ClN3OS/c1-20-14(5-3-2-4-6-14)9-18-13(19)10-7-12(16)17-8-11(10)15/h7-8H,2-6,9H2,1H3,(H2,16,17)(H,18,19). The summed E-state index contributed by atoms with van der Waals surface area (Å²) in [5.41, 5.74) is 6.00. The summed E-state index contributed by atoms with van der Waals surface area (Å²) in [5, 5.41) is 3.33. The fraction of sp³-hybridized carbons (Fsp3) is 0.571. The van der Waals surface area contributed by atoms with Crippen LogP contribution in [0.4, 0.5) is 5.82 Å². The number of pyridine rings is 1. The normalized spacial score (nSPS) is 17.7. The van der Waals surface area contributed by atoms with Crippen LogP contribution in [0.3, 0.4) is 0 Å². The molecule has 2 rings (SSSR count). The lowest BCUT2D eigenvalue weighted by Gasteiger charge is -2.35. The summed E-state index contributed by atoms with van der Waals surface area (Å²) in [6.07, 6.45) is 9.61. The molecule has 0 atom stereocenters. The predicted molar refractivity (Wildman–Crippen MR) is 85.3 cm³/mol. The van der Waals surface area contributed by atoms with E-state index in [1.807, 2.05) is 11.8 Å². The third kappa shape index (κ3) is 3.58. The van der Waals surface area contributed by atoms with Crippen LogP contribution in [0.25, 0.3) is 0 Å². The monoisotopic (exact) mass is 313 g/mol. The zero-order valence-electron chi connectivity index (χ0n) is 11.6. The Bertz CT molecular complexity index is 489. The lowest BCUT2D eigenvalue weighted by atomic mass is 9.88. The maximum Gasteiger partial charge on any atom is 0.253 e. The fourth-order valence-corrected chi connectivity index (χ4v) is 3.72. The molecule has 4 nitrogen and oxygen atoms in total. The largest absolute Gasteiger partial charge is 0.384 e. The van der Waals surface area contributed by atoms with E-state index in [4.69, 9.17) is 17.3 Å². The smallest absolute Gasteiger partial charge is 0.253 e. The Hall–Kier alpha value is -0.940. The van der Waals surface area contributed by atoms with Crippen molar-refractivity contribution < 1.29 is 4.79 Å². The Morgan fingerprint density at radius 2 is 2.20 bits per heavy atom. The zero-order chi connectivity index (χ0) is 14.6. The number of rotatable bonds is 4. The summed E-state index contributed by atoms with van der Waals surface area (Å²) < 4.78 is 0.166. The number of hydrogen-bond acceptors (Lipinski definition) is 4. The van der Waals surface area contributed by atoms with Gasteiger partial charge in [0.1, 0.15) is 5.82 Å². The third-order valence-corrected chi connectivity index (χ3v) is 5.61. The maximum atomic E-state index is 12.2. The van der Waals surface area contributed by atoms with Gasteiger partial charge in [0.15, 0.2) is 0 Å². The van der Waals surface area contributed by atoms with Gasteiger partial charge in [0, 0.05) is 17.5 Å². The number of carbonyl (C=O) groups is 1. The van der Waals surface area contributed by atoms with Gasteiger partial charge in [0.05, 0.1) is 10.6 Å². The summed E-state index contributed by atoms with van der Waals surface area (Å²) in [7, 11) is 0. The number of carbonyl (C=O) groups excluding carboxylic acids is 1. The van der Waals surface area contributed by atoms with E-state index in [1.54, 1.807) is 0 Å². The molecule has 0 spiro atoms. The van der Waals surface area contributed by atoms with Gasteiger partial charge in [0.2, 0.25) is 0 Å². The van der Waals surface area contributed by atoms with Crippen LogP contribution in [0, 0.1) is 0 Å². The van der Waals surface area contributed by atoms with E-state index < -0.39 is 0 Å². The summed E-state index contributed by atoms with van der Waals surface area (Å²) in [6.45, 7) is 0.672. The Kier molecular flexibility index (Phi) is 5.16. The molecule has 1 saturated carbocycles. The van der Waals surface area contributed by atoms with Crippen molar-refractivity contribution in [3.8, 4) is 0 Å². The first-order valence-electron chi connectivity index (χ1n) is 6.81. The molecule has 0 aliphatic heterocycles. The number of thioether (sulfide) groups is 1. The van der Waals surface area contributed by atoms with Crippen LogP contribution >= 0.6 is 23.4 Å². The first-order chi connectivity index (χ1) is 9.56. The van der Waals surface area contributed by atoms with Crippen molar-refractivity contribution in [2.24, 2.45) is 0 Å². The predicted octanol–water partition coefficient (Wildman–Crippen LogP) is 3.11. The van der Waals surface area contributed by atoms with Gasteiger partial charge in [-0.25, -0.2) is 4.98 Å². The Labute approximate surface area is 128 Å². The quantitative estimate of drug-likeness (QED) is 0.896. The molecule has 0 saturated heterocycles. The van der Waals surface area contributed by atoms with Gasteiger partial charge < -0.3 is 11.1 Å². The van der Waals surface area contributed by atoms with E-state index in [0.29, 0.717) is 22.9 Å². The van der Waals surface area contributed by atoms with Gasteiger partial charge >= 0.3 is 0 Å². The van der Waals surface area contributed by atoms with Gasteiger partial charge in [-0.3, -0.25) is 4.79 Å². The number of nitrogens with zero attached hydrogens (tertiary/aromatic N) is 1. The Morgan fingerprint density at radius 3 is 2.85 bits per heavy atom. The minimum absolute atomic E-state index is 0.166. The molecule has 1 aromatic heterocycles. The number of anilines is 1. The molecule has 0 aromatic carbocycles. The van der Waals surface area contributed by atoms with Crippen LogP contribution in [-0.2, 0) is 0 Å². The van der Waals surface area contributed by atoms with Crippen molar-refractivity contribution in [3.63, 3.8) is 0 Å². The van der Waals surface area contributed by atoms with Gasteiger partial charge in [-0.1, -0.05) is 30.9 Å². The van der Waals surface area contributed by atoms with Gasteiger partial charge in [-0.15, -0.1) is 0 Å². The number of halogens is 1. The van der Waals surface area contributed by atoms with Crippen LogP contribution in [-0.4, -0.2) is 28.4 Å². The highest BCUT2D eigenvalue weighted by molar-refractivity contribution is 8.00. The number of nitrogens with one attached hydrogen (secondary N) is 1. The molecule has 0 unspecified atom stereocenters. The van der Waals surface area contributed by atoms with Crippen molar-refractivity contribution in [3.05, 3.63) is 22.8 Å². The molecule has 1 heterocycles. The van der Waals surface area contributed by atoms with Crippen LogP contribution in [0.2, 0.25) is 5.02 Å². The van der Waals surface area contributed by atoms with Crippen LogP contribution in [0.1, 0.15) is 42.5 Å². The van der Waals surface area contributed by atoms with E-state index in [1.165, 1.54) is 31.5 Å². The number of aromatic nitrogens is 1. The molecular formula is C14H20ClN3OS. The van der Waals surface area contributed by atoms with Gasteiger partial charge in [-0.05, 0) is 25.2 Å². The van der Waals surface area contributed by atoms with Crippen molar-refractivity contribution in [2.45, 2.75) is 36.9 Å². The van der Waals surface area contributed by atoms with Crippen molar-refractivity contribution in [2.75, 3.05) is 18.5 Å². The minimum atomic E-state index is -0.178. The average Bonchev–Trinajstić information content (AvgIpc) is 2.48. The lowest BCUT2D eigenvalue weighted by Crippen LogP contribution is -2.41. The molecule has 0 radical (unpaired) electrons. The van der Waals surface area contributed by atoms with E-state index in [-0.39, 0.29) is 10.7 Å². The van der Waals surface area contributed by atoms with Crippen LogP contribution in [0.15, 0.2) is 12.3 Å². The average molecular weight is 314 g/mol. The molecule has 110 valence electrons. The Balaban J connectivity index is 2.02. The van der Waals surface area contributed by atoms with Gasteiger partial charge in [-0.2, -0.15) is 11.8 Å².